The molecule has 1 saturated heterocycles. The van der Waals surface area contributed by atoms with Crippen LogP contribution in [0.4, 0.5) is 5.69 Å². The Balaban J connectivity index is 2.06. The highest BCUT2D eigenvalue weighted by molar-refractivity contribution is 5.95. The number of allylic oxidation sites excluding steroid dienone is 3. The molecule has 0 bridgehead atoms. The highest BCUT2D eigenvalue weighted by Crippen LogP contribution is 2.22. The number of aliphatic hydroxyl groups is 1. The van der Waals surface area contributed by atoms with Gasteiger partial charge in [0.25, 0.3) is 0 Å². The van der Waals surface area contributed by atoms with Gasteiger partial charge in [-0.1, -0.05) is 37.4 Å². The summed E-state index contributed by atoms with van der Waals surface area (Å²) in [5, 5.41) is 15.9. The number of ketones is 1. The van der Waals surface area contributed by atoms with E-state index in [2.05, 4.69) is 28.7 Å². The lowest BCUT2D eigenvalue weighted by atomic mass is 10.1. The summed E-state index contributed by atoms with van der Waals surface area (Å²) in [4.78, 5) is 13.8. The van der Waals surface area contributed by atoms with Gasteiger partial charge in [-0.2, -0.15) is 0 Å². The molecule has 0 amide bonds. The van der Waals surface area contributed by atoms with Crippen molar-refractivity contribution < 1.29 is 9.90 Å². The average molecular weight is 382 g/mol. The van der Waals surface area contributed by atoms with Gasteiger partial charge in [-0.05, 0) is 44.1 Å². The van der Waals surface area contributed by atoms with Crippen molar-refractivity contribution in [1.29, 1.82) is 0 Å². The van der Waals surface area contributed by atoms with Gasteiger partial charge in [0, 0.05) is 48.3 Å². The molecule has 5 heteroatoms. The SMILES string of the molecule is C=C(Nc1cc(C(C)=O)ccc1C)C(/C=C\C(=C)N1CCNC(CO)C1)=C/C. The fourth-order valence-electron chi connectivity index (χ4n) is 3.08. The van der Waals surface area contributed by atoms with E-state index >= 15 is 0 Å². The summed E-state index contributed by atoms with van der Waals surface area (Å²) in [6, 6.07) is 5.70. The van der Waals surface area contributed by atoms with Crippen LogP contribution in [0.25, 0.3) is 0 Å². The molecule has 5 nitrogen and oxygen atoms in total. The number of nitrogens with zero attached hydrogens (tertiary/aromatic N) is 1. The summed E-state index contributed by atoms with van der Waals surface area (Å²) in [7, 11) is 0. The van der Waals surface area contributed by atoms with Crippen molar-refractivity contribution in [3.63, 3.8) is 0 Å². The Morgan fingerprint density at radius 1 is 1.39 bits per heavy atom. The monoisotopic (exact) mass is 381 g/mol. The number of benzene rings is 1. The molecule has 1 aliphatic heterocycles. The van der Waals surface area contributed by atoms with E-state index in [9.17, 15) is 9.90 Å². The van der Waals surface area contributed by atoms with Crippen LogP contribution in [-0.2, 0) is 0 Å². The number of anilines is 1. The van der Waals surface area contributed by atoms with Crippen LogP contribution in [-0.4, -0.2) is 48.1 Å². The second kappa shape index (κ2) is 10.1. The normalized spacial score (nSPS) is 17.6. The number of aliphatic hydroxyl groups excluding tert-OH is 1. The molecule has 1 atom stereocenters. The van der Waals surface area contributed by atoms with E-state index < -0.39 is 0 Å². The third-order valence-electron chi connectivity index (χ3n) is 4.93. The summed E-state index contributed by atoms with van der Waals surface area (Å²) in [5.41, 5.74) is 5.19. The van der Waals surface area contributed by atoms with Crippen molar-refractivity contribution in [2.75, 3.05) is 31.6 Å². The van der Waals surface area contributed by atoms with Gasteiger partial charge < -0.3 is 20.6 Å². The maximum absolute atomic E-state index is 11.7. The quantitative estimate of drug-likeness (QED) is 0.476. The van der Waals surface area contributed by atoms with Crippen LogP contribution < -0.4 is 10.6 Å². The highest BCUT2D eigenvalue weighted by atomic mass is 16.3. The Bertz CT molecular complexity index is 808. The van der Waals surface area contributed by atoms with Crippen molar-refractivity contribution in [2.24, 2.45) is 0 Å². The predicted octanol–water partition coefficient (Wildman–Crippen LogP) is 3.41. The van der Waals surface area contributed by atoms with Gasteiger partial charge in [0.05, 0.1) is 6.61 Å². The zero-order chi connectivity index (χ0) is 20.7. The molecular weight excluding hydrogens is 350 g/mol. The maximum Gasteiger partial charge on any atom is 0.159 e. The topological polar surface area (TPSA) is 64.6 Å². The van der Waals surface area contributed by atoms with Crippen molar-refractivity contribution in [1.82, 2.24) is 10.2 Å². The van der Waals surface area contributed by atoms with E-state index in [0.29, 0.717) is 5.56 Å². The fourth-order valence-corrected chi connectivity index (χ4v) is 3.08. The molecule has 28 heavy (non-hydrogen) atoms. The first-order valence-electron chi connectivity index (χ1n) is 9.56. The summed E-state index contributed by atoms with van der Waals surface area (Å²) >= 11 is 0. The number of piperazine rings is 1. The van der Waals surface area contributed by atoms with Gasteiger partial charge in [-0.25, -0.2) is 0 Å². The third-order valence-corrected chi connectivity index (χ3v) is 4.93. The first-order valence-corrected chi connectivity index (χ1v) is 9.56. The van der Waals surface area contributed by atoms with Crippen LogP contribution in [0, 0.1) is 6.92 Å². The Morgan fingerprint density at radius 3 is 2.79 bits per heavy atom. The predicted molar refractivity (Wildman–Crippen MR) is 116 cm³/mol. The number of hydrogen-bond acceptors (Lipinski definition) is 5. The second-order valence-electron chi connectivity index (χ2n) is 7.04. The number of aryl methyl sites for hydroxylation is 1. The Labute approximate surface area is 168 Å². The van der Waals surface area contributed by atoms with Gasteiger partial charge >= 0.3 is 0 Å². The molecule has 0 saturated carbocycles. The summed E-state index contributed by atoms with van der Waals surface area (Å²) in [6.45, 7) is 16.4. The molecule has 1 unspecified atom stereocenters. The fraction of sp³-hybridized carbons (Fsp3) is 0.348. The van der Waals surface area contributed by atoms with E-state index in [-0.39, 0.29) is 18.4 Å². The number of rotatable bonds is 8. The van der Waals surface area contributed by atoms with Crippen LogP contribution in [0.3, 0.4) is 0 Å². The van der Waals surface area contributed by atoms with Crippen LogP contribution in [0.2, 0.25) is 0 Å². The molecule has 1 fully saturated rings. The molecule has 1 heterocycles. The molecule has 3 N–H and O–H groups in total. The Hall–Kier alpha value is -2.63. The first kappa shape index (κ1) is 21.7. The molecule has 1 aromatic carbocycles. The molecule has 0 spiro atoms. The number of hydrogen-bond donors (Lipinski definition) is 3. The lowest BCUT2D eigenvalue weighted by Gasteiger charge is -2.34. The number of Topliss-reactive ketones (excluding diaryl/α,β-unsaturated/α-hetero) is 1. The Morgan fingerprint density at radius 2 is 2.14 bits per heavy atom. The van der Waals surface area contributed by atoms with Gasteiger partial charge in [0.1, 0.15) is 0 Å². The van der Waals surface area contributed by atoms with Crippen molar-refractivity contribution in [2.45, 2.75) is 26.8 Å². The summed E-state index contributed by atoms with van der Waals surface area (Å²) in [6.07, 6.45) is 5.94. The van der Waals surface area contributed by atoms with Crippen molar-refractivity contribution in [3.05, 3.63) is 77.7 Å². The standard InChI is InChI=1S/C23H31N3O2/c1-6-20(10-8-17(3)26-12-11-24-22(14-26)15-27)18(4)25-23-13-21(19(5)28)9-7-16(23)2/h6-10,13,22,24-25,27H,3-4,11-12,14-15H2,1-2,5H3/b10-8-,20-6+. The number of carbonyl (C=O) groups is 1. The largest absolute Gasteiger partial charge is 0.395 e. The second-order valence-corrected chi connectivity index (χ2v) is 7.04. The van der Waals surface area contributed by atoms with Gasteiger partial charge in [0.2, 0.25) is 0 Å². The highest BCUT2D eigenvalue weighted by Gasteiger charge is 2.18. The Kier molecular flexibility index (Phi) is 7.79. The zero-order valence-corrected chi connectivity index (χ0v) is 17.1. The van der Waals surface area contributed by atoms with Crippen LogP contribution in [0.15, 0.2) is 66.6 Å². The molecule has 150 valence electrons. The smallest absolute Gasteiger partial charge is 0.159 e. The van der Waals surface area contributed by atoms with E-state index in [4.69, 9.17) is 0 Å². The molecular formula is C23H31N3O2. The molecule has 0 radical (unpaired) electrons. The number of nitrogens with one attached hydrogen (secondary N) is 2. The number of carbonyl (C=O) groups excluding carboxylic acids is 1. The van der Waals surface area contributed by atoms with E-state index in [1.165, 1.54) is 0 Å². The third kappa shape index (κ3) is 5.68. The zero-order valence-electron chi connectivity index (χ0n) is 17.1. The van der Waals surface area contributed by atoms with Crippen LogP contribution >= 0.6 is 0 Å². The molecule has 0 aliphatic carbocycles. The van der Waals surface area contributed by atoms with Gasteiger partial charge in [-0.3, -0.25) is 4.79 Å². The summed E-state index contributed by atoms with van der Waals surface area (Å²) < 4.78 is 0. The first-order chi connectivity index (χ1) is 13.3. The van der Waals surface area contributed by atoms with Crippen LogP contribution in [0.5, 0.6) is 0 Å². The molecule has 2 rings (SSSR count). The molecule has 0 aromatic heterocycles. The minimum atomic E-state index is 0.0355. The lowest BCUT2D eigenvalue weighted by Crippen LogP contribution is -2.51. The minimum Gasteiger partial charge on any atom is -0.395 e. The molecule has 1 aliphatic rings. The van der Waals surface area contributed by atoms with E-state index in [1.807, 2.05) is 50.3 Å². The maximum atomic E-state index is 11.7. The van der Waals surface area contributed by atoms with Gasteiger partial charge in [-0.15, -0.1) is 0 Å². The van der Waals surface area contributed by atoms with Crippen molar-refractivity contribution in [3.8, 4) is 0 Å². The van der Waals surface area contributed by atoms with Gasteiger partial charge in [0.15, 0.2) is 5.78 Å². The lowest BCUT2D eigenvalue weighted by molar-refractivity contribution is 0.101. The van der Waals surface area contributed by atoms with Crippen molar-refractivity contribution >= 4 is 11.5 Å². The van der Waals surface area contributed by atoms with E-state index in [0.717, 1.165) is 47.9 Å². The van der Waals surface area contributed by atoms with Crippen LogP contribution in [0.1, 0.15) is 29.8 Å². The summed E-state index contributed by atoms with van der Waals surface area (Å²) in [5.74, 6) is 0.0355. The molecule has 1 aromatic rings. The van der Waals surface area contributed by atoms with E-state index in [1.54, 1.807) is 6.92 Å². The minimum absolute atomic E-state index is 0.0355. The average Bonchev–Trinajstić information content (AvgIpc) is 2.69.